The van der Waals surface area contributed by atoms with Gasteiger partial charge < -0.3 is 5.32 Å². The Hall–Kier alpha value is -2.93. The van der Waals surface area contributed by atoms with Crippen LogP contribution in [0.2, 0.25) is 0 Å². The van der Waals surface area contributed by atoms with Crippen LogP contribution in [0.15, 0.2) is 47.6 Å². The molecule has 1 aliphatic rings. The minimum atomic E-state index is -0.472. The summed E-state index contributed by atoms with van der Waals surface area (Å²) in [6.07, 6.45) is 4.82. The second-order valence-electron chi connectivity index (χ2n) is 5.87. The van der Waals surface area contributed by atoms with E-state index in [-0.39, 0.29) is 11.4 Å². The summed E-state index contributed by atoms with van der Waals surface area (Å²) in [5, 5.41) is 2.33. The molecule has 0 aliphatic carbocycles. The third kappa shape index (κ3) is 3.83. The van der Waals surface area contributed by atoms with E-state index in [2.05, 4.69) is 10.3 Å². The molecule has 2 heterocycles. The van der Waals surface area contributed by atoms with Crippen LogP contribution in [0.4, 0.5) is 10.5 Å². The molecule has 2 aromatic rings. The van der Waals surface area contributed by atoms with Gasteiger partial charge in [-0.2, -0.15) is 0 Å². The van der Waals surface area contributed by atoms with E-state index in [0.29, 0.717) is 5.69 Å². The van der Waals surface area contributed by atoms with Gasteiger partial charge in [0.05, 0.1) is 4.91 Å². The number of pyridine rings is 1. The Morgan fingerprint density at radius 2 is 1.92 bits per heavy atom. The summed E-state index contributed by atoms with van der Waals surface area (Å²) < 4.78 is 0. The summed E-state index contributed by atoms with van der Waals surface area (Å²) in [6.45, 7) is 3.46. The molecule has 3 rings (SSSR count). The molecular weight excluding hydrogens is 350 g/mol. The van der Waals surface area contributed by atoms with Crippen molar-refractivity contribution in [2.75, 3.05) is 11.9 Å². The number of aryl methyl sites for hydroxylation is 2. The minimum absolute atomic E-state index is 0.280. The number of thioether (sulfide) groups is 1. The average molecular weight is 367 g/mol. The van der Waals surface area contributed by atoms with E-state index in [4.69, 9.17) is 0 Å². The lowest BCUT2D eigenvalue weighted by Gasteiger charge is -2.15. The Bertz CT molecular complexity index is 889. The highest BCUT2D eigenvalue weighted by Crippen LogP contribution is 2.32. The van der Waals surface area contributed by atoms with Crippen LogP contribution >= 0.6 is 11.8 Å². The van der Waals surface area contributed by atoms with Crippen molar-refractivity contribution in [3.05, 3.63) is 64.3 Å². The van der Waals surface area contributed by atoms with Gasteiger partial charge in [0, 0.05) is 18.1 Å². The number of carbonyl (C=O) groups excluding carboxylic acids is 3. The van der Waals surface area contributed by atoms with E-state index < -0.39 is 17.1 Å². The number of para-hydroxylation sites is 1. The Labute approximate surface area is 155 Å². The maximum Gasteiger partial charge on any atom is 0.294 e. The summed E-state index contributed by atoms with van der Waals surface area (Å²) in [6, 6.07) is 9.21. The molecule has 6 nitrogen and oxygen atoms in total. The van der Waals surface area contributed by atoms with Crippen LogP contribution in [0.25, 0.3) is 6.08 Å². The molecule has 26 heavy (non-hydrogen) atoms. The topological polar surface area (TPSA) is 79.4 Å². The van der Waals surface area contributed by atoms with E-state index in [1.54, 1.807) is 30.6 Å². The van der Waals surface area contributed by atoms with Crippen molar-refractivity contribution in [3.8, 4) is 0 Å². The summed E-state index contributed by atoms with van der Waals surface area (Å²) in [5.41, 5.74) is 3.27. The average Bonchev–Trinajstić information content (AvgIpc) is 2.87. The number of hydrogen-bond acceptors (Lipinski definition) is 5. The van der Waals surface area contributed by atoms with Crippen LogP contribution in [0.5, 0.6) is 0 Å². The first-order valence-electron chi connectivity index (χ1n) is 7.97. The fourth-order valence-electron chi connectivity index (χ4n) is 2.58. The highest BCUT2D eigenvalue weighted by Gasteiger charge is 2.36. The van der Waals surface area contributed by atoms with Crippen molar-refractivity contribution in [1.82, 2.24) is 9.88 Å². The van der Waals surface area contributed by atoms with Gasteiger partial charge in [-0.1, -0.05) is 24.3 Å². The Morgan fingerprint density at radius 1 is 1.19 bits per heavy atom. The number of benzene rings is 1. The van der Waals surface area contributed by atoms with E-state index in [1.165, 1.54) is 0 Å². The van der Waals surface area contributed by atoms with E-state index in [1.807, 2.05) is 32.0 Å². The SMILES string of the molecule is Cc1cccc(C)c1NC(=O)CN1C(=O)S/C(=C/c2cccnc2)C1=O. The van der Waals surface area contributed by atoms with Gasteiger partial charge in [-0.25, -0.2) is 0 Å². The summed E-state index contributed by atoms with van der Waals surface area (Å²) in [7, 11) is 0. The molecule has 1 aliphatic heterocycles. The summed E-state index contributed by atoms with van der Waals surface area (Å²) in [4.78, 5) is 42.1. The fraction of sp³-hybridized carbons (Fsp3) is 0.158. The third-order valence-electron chi connectivity index (χ3n) is 3.90. The van der Waals surface area contributed by atoms with Gasteiger partial charge in [0.15, 0.2) is 0 Å². The number of anilines is 1. The molecule has 1 aromatic carbocycles. The van der Waals surface area contributed by atoms with Crippen molar-refractivity contribution < 1.29 is 14.4 Å². The molecule has 0 saturated carbocycles. The van der Waals surface area contributed by atoms with Crippen molar-refractivity contribution in [1.29, 1.82) is 0 Å². The molecule has 0 unspecified atom stereocenters. The van der Waals surface area contributed by atoms with Gasteiger partial charge in [-0.3, -0.25) is 24.3 Å². The van der Waals surface area contributed by atoms with Crippen LogP contribution in [-0.2, 0) is 9.59 Å². The fourth-order valence-corrected chi connectivity index (χ4v) is 3.42. The minimum Gasteiger partial charge on any atom is -0.324 e. The monoisotopic (exact) mass is 367 g/mol. The number of aromatic nitrogens is 1. The molecule has 0 radical (unpaired) electrons. The highest BCUT2D eigenvalue weighted by atomic mass is 32.2. The molecule has 3 amide bonds. The Morgan fingerprint density at radius 3 is 2.58 bits per heavy atom. The number of imide groups is 1. The van der Waals surface area contributed by atoms with E-state index >= 15 is 0 Å². The molecule has 132 valence electrons. The van der Waals surface area contributed by atoms with Gasteiger partial charge in [-0.05, 0) is 54.4 Å². The number of nitrogens with zero attached hydrogens (tertiary/aromatic N) is 2. The molecular formula is C19H17N3O3S. The van der Waals surface area contributed by atoms with Crippen molar-refractivity contribution in [3.63, 3.8) is 0 Å². The zero-order valence-corrected chi connectivity index (χ0v) is 15.2. The summed E-state index contributed by atoms with van der Waals surface area (Å²) >= 11 is 0.822. The molecule has 7 heteroatoms. The normalized spacial score (nSPS) is 15.6. The zero-order valence-electron chi connectivity index (χ0n) is 14.4. The third-order valence-corrected chi connectivity index (χ3v) is 4.81. The lowest BCUT2D eigenvalue weighted by Crippen LogP contribution is -2.36. The first kappa shape index (κ1) is 17.9. The van der Waals surface area contributed by atoms with Gasteiger partial charge >= 0.3 is 0 Å². The summed E-state index contributed by atoms with van der Waals surface area (Å²) in [5.74, 6) is -0.882. The Kier molecular flexibility index (Phi) is 5.18. The van der Waals surface area contributed by atoms with E-state index in [0.717, 1.165) is 33.4 Å². The quantitative estimate of drug-likeness (QED) is 0.838. The largest absolute Gasteiger partial charge is 0.324 e. The van der Waals surface area contributed by atoms with Crippen LogP contribution in [0, 0.1) is 13.8 Å². The van der Waals surface area contributed by atoms with Crippen molar-refractivity contribution >= 4 is 40.6 Å². The van der Waals surface area contributed by atoms with Crippen LogP contribution in [0.3, 0.4) is 0 Å². The van der Waals surface area contributed by atoms with Crippen LogP contribution < -0.4 is 5.32 Å². The number of nitrogens with one attached hydrogen (secondary N) is 1. The lowest BCUT2D eigenvalue weighted by molar-refractivity contribution is -0.127. The molecule has 0 bridgehead atoms. The highest BCUT2D eigenvalue weighted by molar-refractivity contribution is 8.18. The predicted octanol–water partition coefficient (Wildman–Crippen LogP) is 3.37. The zero-order chi connectivity index (χ0) is 18.7. The molecule has 1 aromatic heterocycles. The second kappa shape index (κ2) is 7.53. The lowest BCUT2D eigenvalue weighted by atomic mass is 10.1. The molecule has 0 spiro atoms. The van der Waals surface area contributed by atoms with E-state index in [9.17, 15) is 14.4 Å². The standard InChI is InChI=1S/C19H17N3O3S/c1-12-5-3-6-13(2)17(12)21-16(23)11-22-18(24)15(26-19(22)25)9-14-7-4-8-20-10-14/h3-10H,11H2,1-2H3,(H,21,23)/b15-9+. The smallest absolute Gasteiger partial charge is 0.294 e. The number of rotatable bonds is 4. The first-order valence-corrected chi connectivity index (χ1v) is 8.79. The number of hydrogen-bond donors (Lipinski definition) is 1. The molecule has 1 saturated heterocycles. The maximum atomic E-state index is 12.5. The van der Waals surface area contributed by atoms with Crippen LogP contribution in [-0.4, -0.2) is 33.5 Å². The number of amides is 3. The molecule has 1 fully saturated rings. The Balaban J connectivity index is 1.72. The first-order chi connectivity index (χ1) is 12.5. The molecule has 1 N–H and O–H groups in total. The number of carbonyl (C=O) groups is 3. The van der Waals surface area contributed by atoms with Gasteiger partial charge in [0.2, 0.25) is 5.91 Å². The van der Waals surface area contributed by atoms with Gasteiger partial charge in [0.25, 0.3) is 11.1 Å². The molecule has 0 atom stereocenters. The second-order valence-corrected chi connectivity index (χ2v) is 6.86. The maximum absolute atomic E-state index is 12.5. The van der Waals surface area contributed by atoms with Crippen molar-refractivity contribution in [2.45, 2.75) is 13.8 Å². The van der Waals surface area contributed by atoms with Gasteiger partial charge in [-0.15, -0.1) is 0 Å². The van der Waals surface area contributed by atoms with Crippen molar-refractivity contribution in [2.24, 2.45) is 0 Å². The predicted molar refractivity (Wildman–Crippen MR) is 101 cm³/mol. The van der Waals surface area contributed by atoms with Gasteiger partial charge in [0.1, 0.15) is 6.54 Å². The van der Waals surface area contributed by atoms with Crippen LogP contribution in [0.1, 0.15) is 16.7 Å².